The van der Waals surface area contributed by atoms with E-state index in [-0.39, 0.29) is 44.6 Å². The van der Waals surface area contributed by atoms with Gasteiger partial charge in [0.25, 0.3) is 0 Å². The minimum absolute atomic E-state index is 0. The SMILES string of the molecule is [Cl-].[Cl-].[Os+2].c1ccc(-c2ccnc(-c3cc(-c4ccccc4)ccn3)c2)cc1.c1ccc(-c2ccnc(-c3cc(-c4ccccc4)ccn3)c2)cc1. The molecule has 0 amide bonds. The van der Waals surface area contributed by atoms with Gasteiger partial charge in [0.05, 0.1) is 22.8 Å². The van der Waals surface area contributed by atoms with Gasteiger partial charge in [-0.3, -0.25) is 19.9 Å². The molecular weight excluding hydrogens is 846 g/mol. The molecule has 0 unspecified atom stereocenters. The number of aromatic nitrogens is 4. The van der Waals surface area contributed by atoms with Crippen LogP contribution in [0.1, 0.15) is 0 Å². The van der Waals surface area contributed by atoms with Gasteiger partial charge in [0.15, 0.2) is 0 Å². The molecule has 4 heterocycles. The van der Waals surface area contributed by atoms with Crippen LogP contribution in [0.5, 0.6) is 0 Å². The zero-order chi connectivity index (χ0) is 32.4. The first kappa shape index (κ1) is 38.5. The van der Waals surface area contributed by atoms with Crippen LogP contribution >= 0.6 is 0 Å². The fourth-order valence-electron chi connectivity index (χ4n) is 5.52. The Hall–Kier alpha value is -5.30. The largest absolute Gasteiger partial charge is 2.00 e. The Morgan fingerprint density at radius 1 is 0.235 bits per heavy atom. The molecule has 0 aliphatic rings. The van der Waals surface area contributed by atoms with Gasteiger partial charge in [-0.05, 0) is 93.0 Å². The average molecular weight is 878 g/mol. The van der Waals surface area contributed by atoms with Crippen molar-refractivity contribution in [2.45, 2.75) is 0 Å². The third-order valence-corrected chi connectivity index (χ3v) is 7.99. The maximum atomic E-state index is 4.51. The molecule has 4 nitrogen and oxygen atoms in total. The van der Waals surface area contributed by atoms with Gasteiger partial charge < -0.3 is 24.8 Å². The summed E-state index contributed by atoms with van der Waals surface area (Å²) in [6, 6.07) is 57.8. The third kappa shape index (κ3) is 9.91. The molecule has 8 aromatic rings. The second-order valence-electron chi connectivity index (χ2n) is 11.2. The maximum absolute atomic E-state index is 4.51. The minimum atomic E-state index is 0. The molecule has 250 valence electrons. The van der Waals surface area contributed by atoms with E-state index in [0.29, 0.717) is 0 Å². The Morgan fingerprint density at radius 3 is 0.627 bits per heavy atom. The van der Waals surface area contributed by atoms with E-state index in [1.165, 1.54) is 22.3 Å². The van der Waals surface area contributed by atoms with E-state index in [1.807, 2.05) is 122 Å². The number of pyridine rings is 4. The Morgan fingerprint density at radius 2 is 0.431 bits per heavy atom. The number of nitrogens with zero attached hydrogens (tertiary/aromatic N) is 4. The van der Waals surface area contributed by atoms with Crippen molar-refractivity contribution in [3.63, 3.8) is 0 Å². The number of halogens is 2. The molecule has 0 saturated carbocycles. The van der Waals surface area contributed by atoms with Gasteiger partial charge in [-0.25, -0.2) is 0 Å². The Kier molecular flexibility index (Phi) is 14.5. The summed E-state index contributed by atoms with van der Waals surface area (Å²) in [6.07, 6.45) is 7.37. The zero-order valence-corrected chi connectivity index (χ0v) is 31.4. The third-order valence-electron chi connectivity index (χ3n) is 7.99. The molecule has 0 radical (unpaired) electrons. The van der Waals surface area contributed by atoms with E-state index in [4.69, 9.17) is 0 Å². The van der Waals surface area contributed by atoms with Crippen LogP contribution in [0.4, 0.5) is 0 Å². The summed E-state index contributed by atoms with van der Waals surface area (Å²) in [5.41, 5.74) is 12.8. The van der Waals surface area contributed by atoms with Crippen molar-refractivity contribution in [1.29, 1.82) is 0 Å². The van der Waals surface area contributed by atoms with Gasteiger partial charge in [-0.15, -0.1) is 0 Å². The van der Waals surface area contributed by atoms with Gasteiger partial charge in [-0.2, -0.15) is 0 Å². The first-order valence-corrected chi connectivity index (χ1v) is 15.9. The molecule has 0 saturated heterocycles. The molecule has 0 atom stereocenters. The topological polar surface area (TPSA) is 51.6 Å². The van der Waals surface area contributed by atoms with Crippen LogP contribution in [-0.4, -0.2) is 19.9 Å². The molecule has 7 heteroatoms. The van der Waals surface area contributed by atoms with Gasteiger partial charge in [0.1, 0.15) is 0 Å². The van der Waals surface area contributed by atoms with Crippen molar-refractivity contribution in [2.24, 2.45) is 0 Å². The van der Waals surface area contributed by atoms with Gasteiger partial charge in [0.2, 0.25) is 0 Å². The number of rotatable bonds is 6. The van der Waals surface area contributed by atoms with E-state index < -0.39 is 0 Å². The standard InChI is InChI=1S/2C22H16N2.2ClH.Os/c2*1-3-7-17(8-4-1)19-11-13-23-21(15-19)22-16-20(12-14-24-22)18-9-5-2-6-10-18;;;/h2*1-16H;2*1H;/q;;;;+2/p-2. The fourth-order valence-corrected chi connectivity index (χ4v) is 5.52. The van der Waals surface area contributed by atoms with Crippen molar-refractivity contribution >= 4 is 0 Å². The van der Waals surface area contributed by atoms with Crippen molar-refractivity contribution in [3.05, 3.63) is 195 Å². The maximum Gasteiger partial charge on any atom is 2.00 e. The number of benzene rings is 4. The number of hydrogen-bond donors (Lipinski definition) is 0. The smallest absolute Gasteiger partial charge is 1.00 e. The Labute approximate surface area is 324 Å². The molecule has 0 aliphatic carbocycles. The Balaban J connectivity index is 0.000000216. The summed E-state index contributed by atoms with van der Waals surface area (Å²) >= 11 is 0. The van der Waals surface area contributed by atoms with Crippen molar-refractivity contribution < 1.29 is 44.6 Å². The van der Waals surface area contributed by atoms with Crippen LogP contribution in [-0.2, 0) is 19.8 Å². The van der Waals surface area contributed by atoms with Crippen LogP contribution in [0.15, 0.2) is 195 Å². The summed E-state index contributed by atoms with van der Waals surface area (Å²) in [5, 5.41) is 0. The summed E-state index contributed by atoms with van der Waals surface area (Å²) in [7, 11) is 0. The van der Waals surface area contributed by atoms with Crippen LogP contribution < -0.4 is 24.8 Å². The zero-order valence-electron chi connectivity index (χ0n) is 27.4. The molecule has 0 bridgehead atoms. The molecule has 0 N–H and O–H groups in total. The van der Waals surface area contributed by atoms with Crippen LogP contribution in [0, 0.1) is 0 Å². The van der Waals surface area contributed by atoms with E-state index in [0.717, 1.165) is 45.0 Å². The first-order chi connectivity index (χ1) is 23.8. The van der Waals surface area contributed by atoms with Crippen molar-refractivity contribution in [2.75, 3.05) is 0 Å². The summed E-state index contributed by atoms with van der Waals surface area (Å²) in [4.78, 5) is 18.0. The molecule has 51 heavy (non-hydrogen) atoms. The quantitative estimate of drug-likeness (QED) is 0.237. The van der Waals surface area contributed by atoms with Crippen LogP contribution in [0.2, 0.25) is 0 Å². The van der Waals surface area contributed by atoms with Crippen molar-refractivity contribution in [3.8, 4) is 67.3 Å². The van der Waals surface area contributed by atoms with Gasteiger partial charge in [0, 0.05) is 24.8 Å². The van der Waals surface area contributed by atoms with E-state index in [9.17, 15) is 0 Å². The first-order valence-electron chi connectivity index (χ1n) is 15.9. The predicted octanol–water partition coefficient (Wildman–Crippen LogP) is 4.96. The molecule has 4 aromatic heterocycles. The molecular formula is C44H32Cl2N4Os. The van der Waals surface area contributed by atoms with Crippen LogP contribution in [0.3, 0.4) is 0 Å². The average Bonchev–Trinajstić information content (AvgIpc) is 3.20. The molecule has 0 spiro atoms. The van der Waals surface area contributed by atoms with Gasteiger partial charge in [-0.1, -0.05) is 121 Å². The molecule has 0 aliphatic heterocycles. The normalized spacial score (nSPS) is 9.88. The second kappa shape index (κ2) is 19.2. The summed E-state index contributed by atoms with van der Waals surface area (Å²) in [6.45, 7) is 0. The van der Waals surface area contributed by atoms with E-state index in [2.05, 4.69) is 92.7 Å². The molecule has 4 aromatic carbocycles. The Bertz CT molecular complexity index is 1910. The second-order valence-corrected chi connectivity index (χ2v) is 11.2. The summed E-state index contributed by atoms with van der Waals surface area (Å²) in [5.74, 6) is 0. The van der Waals surface area contributed by atoms with E-state index >= 15 is 0 Å². The fraction of sp³-hybridized carbons (Fsp3) is 0. The molecule has 0 fully saturated rings. The predicted molar refractivity (Wildman–Crippen MR) is 197 cm³/mol. The van der Waals surface area contributed by atoms with Crippen LogP contribution in [0.25, 0.3) is 67.3 Å². The minimum Gasteiger partial charge on any atom is -1.00 e. The van der Waals surface area contributed by atoms with Gasteiger partial charge >= 0.3 is 19.8 Å². The number of hydrogen-bond acceptors (Lipinski definition) is 4. The van der Waals surface area contributed by atoms with Crippen molar-refractivity contribution in [1.82, 2.24) is 19.9 Å². The van der Waals surface area contributed by atoms with E-state index in [1.54, 1.807) is 0 Å². The monoisotopic (exact) mass is 878 g/mol. The molecule has 8 rings (SSSR count). The summed E-state index contributed by atoms with van der Waals surface area (Å²) < 4.78 is 0.